The molecule has 0 radical (unpaired) electrons. The first-order valence-electron chi connectivity index (χ1n) is 7.65. The molecule has 2 aromatic rings. The maximum Gasteiger partial charge on any atom is 0.251 e. The Morgan fingerprint density at radius 3 is 2.77 bits per heavy atom. The second-order valence-corrected chi connectivity index (χ2v) is 5.94. The Kier molecular flexibility index (Phi) is 3.84. The molecule has 1 atom stereocenters. The third kappa shape index (κ3) is 2.69. The van der Waals surface area contributed by atoms with Crippen molar-refractivity contribution in [1.29, 1.82) is 0 Å². The first-order valence-corrected chi connectivity index (χ1v) is 7.65. The van der Waals surface area contributed by atoms with Crippen molar-refractivity contribution >= 4 is 22.5 Å². The van der Waals surface area contributed by atoms with Gasteiger partial charge < -0.3 is 10.3 Å². The lowest BCUT2D eigenvalue weighted by atomic mass is 9.93. The van der Waals surface area contributed by atoms with Crippen molar-refractivity contribution < 1.29 is 4.79 Å². The van der Waals surface area contributed by atoms with E-state index in [2.05, 4.69) is 22.5 Å². The summed E-state index contributed by atoms with van der Waals surface area (Å²) >= 11 is 0. The van der Waals surface area contributed by atoms with E-state index in [0.29, 0.717) is 0 Å². The van der Waals surface area contributed by atoms with Gasteiger partial charge in [-0.05, 0) is 50.8 Å². The van der Waals surface area contributed by atoms with Crippen molar-refractivity contribution in [3.05, 3.63) is 51.8 Å². The van der Waals surface area contributed by atoms with Crippen LogP contribution in [0.2, 0.25) is 0 Å². The highest BCUT2D eigenvalue weighted by atomic mass is 16.2. The van der Waals surface area contributed by atoms with Gasteiger partial charge in [-0.2, -0.15) is 0 Å². The molecule has 2 N–H and O–H groups in total. The number of allylic oxidation sites excluding steroid dienone is 2. The number of hydrogen-bond acceptors (Lipinski definition) is 2. The minimum atomic E-state index is -0.0779. The third-order valence-corrected chi connectivity index (χ3v) is 4.48. The molecule has 0 aliphatic heterocycles. The standard InChI is InChI=1S/C18H20N2O2/c1-11-12(2)17(21)20-16-10-14(8-9-15(11)16)19-18(22)13-6-4-3-5-7-13/h3-4,8-10,13H,5-7H2,1-2H3,(H,19,22)(H,20,21). The van der Waals surface area contributed by atoms with Gasteiger partial charge in [-0.3, -0.25) is 9.59 Å². The van der Waals surface area contributed by atoms with Gasteiger partial charge in [0.15, 0.2) is 0 Å². The Morgan fingerprint density at radius 2 is 2.05 bits per heavy atom. The number of carbonyl (C=O) groups is 1. The molecule has 3 rings (SSSR count). The fourth-order valence-electron chi connectivity index (χ4n) is 2.92. The Hall–Kier alpha value is -2.36. The minimum Gasteiger partial charge on any atom is -0.326 e. The highest BCUT2D eigenvalue weighted by Gasteiger charge is 2.18. The Labute approximate surface area is 129 Å². The summed E-state index contributed by atoms with van der Waals surface area (Å²) in [4.78, 5) is 27.0. The predicted molar refractivity (Wildman–Crippen MR) is 89.2 cm³/mol. The summed E-state index contributed by atoms with van der Waals surface area (Å²) in [5, 5.41) is 3.97. The average molecular weight is 296 g/mol. The van der Waals surface area contributed by atoms with E-state index in [1.165, 1.54) is 0 Å². The van der Waals surface area contributed by atoms with Crippen molar-refractivity contribution in [2.75, 3.05) is 5.32 Å². The molecule has 1 heterocycles. The average Bonchev–Trinajstić information content (AvgIpc) is 2.53. The Balaban J connectivity index is 1.89. The fraction of sp³-hybridized carbons (Fsp3) is 0.333. The maximum atomic E-state index is 12.3. The molecule has 0 spiro atoms. The van der Waals surface area contributed by atoms with E-state index in [9.17, 15) is 9.59 Å². The molecule has 0 fully saturated rings. The van der Waals surface area contributed by atoms with E-state index >= 15 is 0 Å². The van der Waals surface area contributed by atoms with Crippen molar-refractivity contribution in [3.8, 4) is 0 Å². The number of hydrogen-bond donors (Lipinski definition) is 2. The molecule has 1 aliphatic rings. The number of anilines is 1. The van der Waals surface area contributed by atoms with Crippen LogP contribution < -0.4 is 10.9 Å². The van der Waals surface area contributed by atoms with E-state index in [1.54, 1.807) is 0 Å². The molecule has 1 aromatic carbocycles. The summed E-state index contributed by atoms with van der Waals surface area (Å²) < 4.78 is 0. The SMILES string of the molecule is Cc1c(C)c2ccc(NC(=O)C3CC=CCC3)cc2[nH]c1=O. The van der Waals surface area contributed by atoms with Gasteiger partial charge in [0.1, 0.15) is 0 Å². The summed E-state index contributed by atoms with van der Waals surface area (Å²) in [5.41, 5.74) is 3.12. The third-order valence-electron chi connectivity index (χ3n) is 4.48. The van der Waals surface area contributed by atoms with Crippen LogP contribution in [0.1, 0.15) is 30.4 Å². The van der Waals surface area contributed by atoms with E-state index in [-0.39, 0.29) is 17.4 Å². The Morgan fingerprint density at radius 1 is 1.23 bits per heavy atom. The lowest BCUT2D eigenvalue weighted by Gasteiger charge is -2.17. The van der Waals surface area contributed by atoms with E-state index in [4.69, 9.17) is 0 Å². The van der Waals surface area contributed by atoms with Crippen molar-refractivity contribution in [1.82, 2.24) is 4.98 Å². The number of pyridine rings is 1. The van der Waals surface area contributed by atoms with Gasteiger partial charge in [0.05, 0.1) is 5.52 Å². The molecular formula is C18H20N2O2. The smallest absolute Gasteiger partial charge is 0.251 e. The van der Waals surface area contributed by atoms with Gasteiger partial charge in [0.25, 0.3) is 5.56 Å². The van der Waals surface area contributed by atoms with Gasteiger partial charge in [-0.25, -0.2) is 0 Å². The molecule has 114 valence electrons. The van der Waals surface area contributed by atoms with Crippen molar-refractivity contribution in [2.45, 2.75) is 33.1 Å². The Bertz CT molecular complexity index is 818. The first-order chi connectivity index (χ1) is 10.6. The number of carbonyl (C=O) groups excluding carboxylic acids is 1. The molecular weight excluding hydrogens is 276 g/mol. The summed E-state index contributed by atoms with van der Waals surface area (Å²) in [6, 6.07) is 5.67. The van der Waals surface area contributed by atoms with Gasteiger partial charge in [0.2, 0.25) is 5.91 Å². The zero-order valence-corrected chi connectivity index (χ0v) is 12.9. The van der Waals surface area contributed by atoms with Crippen molar-refractivity contribution in [2.24, 2.45) is 5.92 Å². The highest BCUT2D eigenvalue weighted by Crippen LogP contribution is 2.23. The molecule has 1 aliphatic carbocycles. The molecule has 22 heavy (non-hydrogen) atoms. The molecule has 0 saturated heterocycles. The fourth-order valence-corrected chi connectivity index (χ4v) is 2.92. The van der Waals surface area contributed by atoms with Crippen LogP contribution in [0.4, 0.5) is 5.69 Å². The van der Waals surface area contributed by atoms with Crippen LogP contribution in [-0.4, -0.2) is 10.9 Å². The monoisotopic (exact) mass is 296 g/mol. The second kappa shape index (κ2) is 5.79. The van der Waals surface area contributed by atoms with Gasteiger partial charge >= 0.3 is 0 Å². The van der Waals surface area contributed by atoms with Crippen LogP contribution in [-0.2, 0) is 4.79 Å². The number of aromatic amines is 1. The van der Waals surface area contributed by atoms with Gasteiger partial charge in [-0.1, -0.05) is 18.2 Å². The highest BCUT2D eigenvalue weighted by molar-refractivity contribution is 5.95. The summed E-state index contributed by atoms with van der Waals surface area (Å²) in [7, 11) is 0. The summed E-state index contributed by atoms with van der Waals surface area (Å²) in [6.45, 7) is 3.76. The van der Waals surface area contributed by atoms with E-state index in [0.717, 1.165) is 47.0 Å². The summed E-state index contributed by atoms with van der Waals surface area (Å²) in [6.07, 6.45) is 6.84. The van der Waals surface area contributed by atoms with Crippen LogP contribution in [0, 0.1) is 19.8 Å². The van der Waals surface area contributed by atoms with Crippen LogP contribution in [0.15, 0.2) is 35.1 Å². The number of fused-ring (bicyclic) bond motifs is 1. The van der Waals surface area contributed by atoms with Gasteiger partial charge in [-0.15, -0.1) is 0 Å². The van der Waals surface area contributed by atoms with Crippen LogP contribution >= 0.6 is 0 Å². The number of amides is 1. The zero-order valence-electron chi connectivity index (χ0n) is 12.9. The number of rotatable bonds is 2. The van der Waals surface area contributed by atoms with Gasteiger partial charge in [0, 0.05) is 22.6 Å². The topological polar surface area (TPSA) is 62.0 Å². The van der Waals surface area contributed by atoms with Crippen LogP contribution in [0.3, 0.4) is 0 Å². The lowest BCUT2D eigenvalue weighted by molar-refractivity contribution is -0.120. The molecule has 1 unspecified atom stereocenters. The quantitative estimate of drug-likeness (QED) is 0.834. The molecule has 4 nitrogen and oxygen atoms in total. The maximum absolute atomic E-state index is 12.3. The molecule has 0 saturated carbocycles. The number of aromatic nitrogens is 1. The largest absolute Gasteiger partial charge is 0.326 e. The number of aryl methyl sites for hydroxylation is 1. The zero-order chi connectivity index (χ0) is 15.7. The van der Waals surface area contributed by atoms with Crippen molar-refractivity contribution in [3.63, 3.8) is 0 Å². The predicted octanol–water partition coefficient (Wildman–Crippen LogP) is 3.44. The number of benzene rings is 1. The minimum absolute atomic E-state index is 0.0412. The molecule has 1 aromatic heterocycles. The second-order valence-electron chi connectivity index (χ2n) is 5.94. The number of H-pyrrole nitrogens is 1. The molecule has 4 heteroatoms. The number of nitrogens with one attached hydrogen (secondary N) is 2. The molecule has 0 bridgehead atoms. The lowest BCUT2D eigenvalue weighted by Crippen LogP contribution is -2.23. The van der Waals surface area contributed by atoms with Crippen LogP contribution in [0.5, 0.6) is 0 Å². The first kappa shape index (κ1) is 14.6. The van der Waals surface area contributed by atoms with E-state index in [1.807, 2.05) is 32.0 Å². The summed E-state index contributed by atoms with van der Waals surface area (Å²) in [5.74, 6) is 0.0920. The van der Waals surface area contributed by atoms with E-state index < -0.39 is 0 Å². The normalized spacial score (nSPS) is 17.6. The van der Waals surface area contributed by atoms with Crippen LogP contribution in [0.25, 0.3) is 10.9 Å². The molecule has 1 amide bonds.